The number of morpholine rings is 1. The first-order chi connectivity index (χ1) is 10.6. The lowest BCUT2D eigenvalue weighted by molar-refractivity contribution is -0.908. The van der Waals surface area contributed by atoms with Crippen LogP contribution < -0.4 is 15.5 Å². The molecule has 1 heterocycles. The molecule has 0 spiro atoms. The lowest BCUT2D eigenvalue weighted by Gasteiger charge is -2.23. The first kappa shape index (κ1) is 17.2. The van der Waals surface area contributed by atoms with Crippen molar-refractivity contribution in [1.29, 1.82) is 0 Å². The first-order valence-electron chi connectivity index (χ1n) is 8.21. The minimum absolute atomic E-state index is 0.557. The van der Waals surface area contributed by atoms with Crippen LogP contribution in [0, 0.1) is 0 Å². The highest BCUT2D eigenvalue weighted by molar-refractivity contribution is 7.80. The SMILES string of the molecule is CC(C)c1ccc(NC(=S)NCCC[NH+]2CCOCC2)cc1. The van der Waals surface area contributed by atoms with E-state index in [1.165, 1.54) is 12.1 Å². The molecule has 122 valence electrons. The van der Waals surface area contributed by atoms with E-state index in [-0.39, 0.29) is 0 Å². The number of rotatable bonds is 6. The van der Waals surface area contributed by atoms with Crippen molar-refractivity contribution < 1.29 is 9.64 Å². The van der Waals surface area contributed by atoms with Crippen molar-refractivity contribution in [3.05, 3.63) is 29.8 Å². The van der Waals surface area contributed by atoms with Gasteiger partial charge in [-0.3, -0.25) is 0 Å². The summed E-state index contributed by atoms with van der Waals surface area (Å²) in [6.07, 6.45) is 1.13. The number of thiocarbonyl (C=S) groups is 1. The van der Waals surface area contributed by atoms with Crippen molar-refractivity contribution >= 4 is 23.0 Å². The average Bonchev–Trinajstić information content (AvgIpc) is 2.53. The number of ether oxygens (including phenoxy) is 1. The maximum absolute atomic E-state index is 5.37. The van der Waals surface area contributed by atoms with Gasteiger partial charge in [-0.1, -0.05) is 26.0 Å². The van der Waals surface area contributed by atoms with E-state index in [1.54, 1.807) is 4.90 Å². The van der Waals surface area contributed by atoms with E-state index < -0.39 is 0 Å². The predicted molar refractivity (Wildman–Crippen MR) is 95.8 cm³/mol. The molecule has 0 radical (unpaired) electrons. The van der Waals surface area contributed by atoms with Gasteiger partial charge in [0.2, 0.25) is 0 Å². The van der Waals surface area contributed by atoms with Crippen LogP contribution >= 0.6 is 12.2 Å². The fraction of sp³-hybridized carbons (Fsp3) is 0.588. The third-order valence-electron chi connectivity index (χ3n) is 4.03. The molecule has 0 amide bonds. The Morgan fingerprint density at radius 3 is 2.55 bits per heavy atom. The molecule has 0 aromatic heterocycles. The lowest BCUT2D eigenvalue weighted by Crippen LogP contribution is -3.14. The molecule has 5 heteroatoms. The monoisotopic (exact) mass is 322 g/mol. The maximum Gasteiger partial charge on any atom is 0.170 e. The molecule has 1 aliphatic heterocycles. The van der Waals surface area contributed by atoms with Gasteiger partial charge < -0.3 is 20.3 Å². The lowest BCUT2D eigenvalue weighted by atomic mass is 10.0. The van der Waals surface area contributed by atoms with E-state index in [4.69, 9.17) is 17.0 Å². The number of anilines is 1. The molecule has 1 aromatic carbocycles. The van der Waals surface area contributed by atoms with E-state index in [1.807, 2.05) is 0 Å². The Balaban J connectivity index is 1.62. The molecule has 0 aliphatic carbocycles. The Labute approximate surface area is 139 Å². The van der Waals surface area contributed by atoms with Crippen LogP contribution in [0.3, 0.4) is 0 Å². The summed E-state index contributed by atoms with van der Waals surface area (Å²) in [4.78, 5) is 1.64. The summed E-state index contributed by atoms with van der Waals surface area (Å²) < 4.78 is 5.37. The van der Waals surface area contributed by atoms with Gasteiger partial charge in [0.05, 0.1) is 19.8 Å². The van der Waals surface area contributed by atoms with Crippen LogP contribution in [0.5, 0.6) is 0 Å². The molecule has 0 atom stereocenters. The van der Waals surface area contributed by atoms with Crippen LogP contribution in [-0.4, -0.2) is 44.5 Å². The summed E-state index contributed by atoms with van der Waals surface area (Å²) in [5.41, 5.74) is 2.39. The Morgan fingerprint density at radius 1 is 1.23 bits per heavy atom. The minimum atomic E-state index is 0.557. The zero-order chi connectivity index (χ0) is 15.8. The molecule has 4 nitrogen and oxygen atoms in total. The van der Waals surface area contributed by atoms with E-state index in [2.05, 4.69) is 48.7 Å². The number of hydrogen-bond acceptors (Lipinski definition) is 2. The summed E-state index contributed by atoms with van der Waals surface area (Å²) in [6.45, 7) is 10.6. The number of quaternary nitrogens is 1. The fourth-order valence-corrected chi connectivity index (χ4v) is 2.80. The largest absolute Gasteiger partial charge is 0.370 e. The van der Waals surface area contributed by atoms with E-state index >= 15 is 0 Å². The Bertz CT molecular complexity index is 455. The maximum atomic E-state index is 5.37. The summed E-state index contributed by atoms with van der Waals surface area (Å²) in [5.74, 6) is 0.557. The summed E-state index contributed by atoms with van der Waals surface area (Å²) in [7, 11) is 0. The summed E-state index contributed by atoms with van der Waals surface area (Å²) in [5, 5.41) is 7.23. The van der Waals surface area contributed by atoms with Gasteiger partial charge in [-0.05, 0) is 35.8 Å². The van der Waals surface area contributed by atoms with E-state index in [0.717, 1.165) is 45.0 Å². The van der Waals surface area contributed by atoms with Gasteiger partial charge in [0.25, 0.3) is 0 Å². The highest BCUT2D eigenvalue weighted by Gasteiger charge is 2.12. The second-order valence-electron chi connectivity index (χ2n) is 6.12. The van der Waals surface area contributed by atoms with Crippen LogP contribution in [0.25, 0.3) is 0 Å². The highest BCUT2D eigenvalue weighted by Crippen LogP contribution is 2.16. The zero-order valence-corrected chi connectivity index (χ0v) is 14.5. The van der Waals surface area contributed by atoms with E-state index in [9.17, 15) is 0 Å². The molecular weight excluding hydrogens is 294 g/mol. The molecule has 1 saturated heterocycles. The highest BCUT2D eigenvalue weighted by atomic mass is 32.1. The Morgan fingerprint density at radius 2 is 1.91 bits per heavy atom. The van der Waals surface area contributed by atoms with Gasteiger partial charge in [0.15, 0.2) is 5.11 Å². The molecular formula is C17H28N3OS+. The predicted octanol–water partition coefficient (Wildman–Crippen LogP) is 1.40. The second-order valence-corrected chi connectivity index (χ2v) is 6.53. The molecule has 2 rings (SSSR count). The molecule has 0 unspecified atom stereocenters. The van der Waals surface area contributed by atoms with Crippen molar-refractivity contribution in [2.24, 2.45) is 0 Å². The quantitative estimate of drug-likeness (QED) is 0.547. The smallest absolute Gasteiger partial charge is 0.170 e. The topological polar surface area (TPSA) is 37.7 Å². The van der Waals surface area contributed by atoms with Gasteiger partial charge in [0, 0.05) is 18.7 Å². The van der Waals surface area contributed by atoms with Crippen molar-refractivity contribution in [1.82, 2.24) is 5.32 Å². The van der Waals surface area contributed by atoms with Crippen molar-refractivity contribution in [3.63, 3.8) is 0 Å². The van der Waals surface area contributed by atoms with Crippen LogP contribution in [0.2, 0.25) is 0 Å². The average molecular weight is 322 g/mol. The molecule has 22 heavy (non-hydrogen) atoms. The summed E-state index contributed by atoms with van der Waals surface area (Å²) in [6, 6.07) is 8.47. The van der Waals surface area contributed by atoms with Crippen LogP contribution in [-0.2, 0) is 4.74 Å². The van der Waals surface area contributed by atoms with Gasteiger partial charge >= 0.3 is 0 Å². The fourth-order valence-electron chi connectivity index (χ4n) is 2.58. The van der Waals surface area contributed by atoms with Crippen LogP contribution in [0.1, 0.15) is 31.7 Å². The Kier molecular flexibility index (Phi) is 7.09. The molecule has 3 N–H and O–H groups in total. The summed E-state index contributed by atoms with van der Waals surface area (Å²) >= 11 is 5.34. The molecule has 1 aromatic rings. The third-order valence-corrected chi connectivity index (χ3v) is 4.27. The van der Waals surface area contributed by atoms with Gasteiger partial charge in [-0.15, -0.1) is 0 Å². The van der Waals surface area contributed by atoms with Crippen molar-refractivity contribution in [2.45, 2.75) is 26.2 Å². The molecule has 0 bridgehead atoms. The van der Waals surface area contributed by atoms with Gasteiger partial charge in [0.1, 0.15) is 13.1 Å². The number of benzene rings is 1. The van der Waals surface area contributed by atoms with Crippen LogP contribution in [0.15, 0.2) is 24.3 Å². The normalized spacial score (nSPS) is 15.8. The van der Waals surface area contributed by atoms with E-state index in [0.29, 0.717) is 11.0 Å². The first-order valence-corrected chi connectivity index (χ1v) is 8.62. The number of hydrogen-bond donors (Lipinski definition) is 3. The van der Waals surface area contributed by atoms with Crippen molar-refractivity contribution in [2.75, 3.05) is 44.7 Å². The molecule has 1 fully saturated rings. The molecule has 0 saturated carbocycles. The Hall–Kier alpha value is -1.17. The minimum Gasteiger partial charge on any atom is -0.370 e. The van der Waals surface area contributed by atoms with Crippen LogP contribution in [0.4, 0.5) is 5.69 Å². The molecule has 1 aliphatic rings. The van der Waals surface area contributed by atoms with Crippen molar-refractivity contribution in [3.8, 4) is 0 Å². The third kappa shape index (κ3) is 5.91. The number of nitrogens with one attached hydrogen (secondary N) is 3. The van der Waals surface area contributed by atoms with Gasteiger partial charge in [-0.2, -0.15) is 0 Å². The standard InChI is InChI=1S/C17H27N3OS/c1-14(2)15-4-6-16(7-5-15)19-17(22)18-8-3-9-20-10-12-21-13-11-20/h4-7,14H,3,8-13H2,1-2H3,(H2,18,19,22)/p+1. The zero-order valence-electron chi connectivity index (χ0n) is 13.7. The van der Waals surface area contributed by atoms with Gasteiger partial charge in [-0.25, -0.2) is 0 Å². The second kappa shape index (κ2) is 9.08.